The molecule has 2 amide bonds. The maximum atomic E-state index is 12.5. The number of hydrogen-bond acceptors (Lipinski definition) is 4. The summed E-state index contributed by atoms with van der Waals surface area (Å²) in [7, 11) is 1.54. The van der Waals surface area contributed by atoms with E-state index in [0.29, 0.717) is 23.5 Å². The Labute approximate surface area is 134 Å². The lowest BCUT2D eigenvalue weighted by atomic mass is 10.2. The highest BCUT2D eigenvalue weighted by Gasteiger charge is 2.21. The van der Waals surface area contributed by atoms with Gasteiger partial charge in [0.15, 0.2) is 0 Å². The number of amides is 2. The molecule has 8 nitrogen and oxygen atoms in total. The van der Waals surface area contributed by atoms with Crippen molar-refractivity contribution in [2.24, 2.45) is 0 Å². The number of hydrogen-bond donors (Lipinski definition) is 2. The van der Waals surface area contributed by atoms with Gasteiger partial charge in [-0.25, -0.2) is 4.68 Å². The molecule has 124 valence electrons. The molecule has 2 N–H and O–H groups in total. The summed E-state index contributed by atoms with van der Waals surface area (Å²) in [5.74, 6) is -0.205. The summed E-state index contributed by atoms with van der Waals surface area (Å²) >= 11 is 0. The first-order chi connectivity index (χ1) is 11.0. The molecule has 0 saturated heterocycles. The average Bonchev–Trinajstić information content (AvgIpc) is 3.11. The number of rotatable bonds is 6. The van der Waals surface area contributed by atoms with Crippen molar-refractivity contribution in [3.8, 4) is 0 Å². The van der Waals surface area contributed by atoms with Gasteiger partial charge in [0.2, 0.25) is 0 Å². The summed E-state index contributed by atoms with van der Waals surface area (Å²) in [5, 5.41) is 13.7. The van der Waals surface area contributed by atoms with Gasteiger partial charge in [0.1, 0.15) is 11.4 Å². The zero-order chi connectivity index (χ0) is 17.0. The van der Waals surface area contributed by atoms with E-state index < -0.39 is 0 Å². The number of nitrogens with one attached hydrogen (secondary N) is 2. The van der Waals surface area contributed by atoms with Gasteiger partial charge in [-0.15, -0.1) is 0 Å². The van der Waals surface area contributed by atoms with Gasteiger partial charge < -0.3 is 10.6 Å². The summed E-state index contributed by atoms with van der Waals surface area (Å²) in [5.41, 5.74) is 1.62. The summed E-state index contributed by atoms with van der Waals surface area (Å²) in [6.45, 7) is 7.10. The fraction of sp³-hybridized carbons (Fsp3) is 0.467. The fourth-order valence-electron chi connectivity index (χ4n) is 2.34. The summed E-state index contributed by atoms with van der Waals surface area (Å²) in [6.07, 6.45) is 3.94. The Kier molecular flexibility index (Phi) is 5.15. The van der Waals surface area contributed by atoms with Gasteiger partial charge in [-0.3, -0.25) is 14.3 Å². The minimum Gasteiger partial charge on any atom is -0.355 e. The summed E-state index contributed by atoms with van der Waals surface area (Å²) in [6, 6.07) is 0. The van der Waals surface area contributed by atoms with Crippen LogP contribution in [-0.4, -0.2) is 38.4 Å². The van der Waals surface area contributed by atoms with Crippen LogP contribution < -0.4 is 10.6 Å². The first-order valence-corrected chi connectivity index (χ1v) is 7.65. The lowest BCUT2D eigenvalue weighted by molar-refractivity contribution is 0.0964. The second kappa shape index (κ2) is 7.08. The van der Waals surface area contributed by atoms with Gasteiger partial charge in [0.05, 0.1) is 18.0 Å². The third-order valence-electron chi connectivity index (χ3n) is 3.63. The third kappa shape index (κ3) is 3.25. The van der Waals surface area contributed by atoms with E-state index in [0.717, 1.165) is 18.7 Å². The van der Waals surface area contributed by atoms with E-state index in [1.807, 2.05) is 13.8 Å². The molecular weight excluding hydrogens is 296 g/mol. The van der Waals surface area contributed by atoms with Crippen molar-refractivity contribution in [3.63, 3.8) is 0 Å². The van der Waals surface area contributed by atoms with Crippen molar-refractivity contribution in [2.45, 2.75) is 40.3 Å². The van der Waals surface area contributed by atoms with Crippen molar-refractivity contribution in [1.82, 2.24) is 24.9 Å². The van der Waals surface area contributed by atoms with Crippen LogP contribution in [0.2, 0.25) is 0 Å². The van der Waals surface area contributed by atoms with E-state index in [2.05, 4.69) is 27.8 Å². The molecule has 0 aliphatic carbocycles. The van der Waals surface area contributed by atoms with Crippen LogP contribution in [0.1, 0.15) is 46.7 Å². The van der Waals surface area contributed by atoms with Crippen molar-refractivity contribution < 1.29 is 9.59 Å². The van der Waals surface area contributed by atoms with E-state index in [9.17, 15) is 9.59 Å². The normalized spacial score (nSPS) is 10.6. The van der Waals surface area contributed by atoms with E-state index in [1.54, 1.807) is 15.6 Å². The lowest BCUT2D eigenvalue weighted by Gasteiger charge is -2.09. The third-order valence-corrected chi connectivity index (χ3v) is 3.63. The van der Waals surface area contributed by atoms with Gasteiger partial charge in [-0.05, 0) is 20.3 Å². The van der Waals surface area contributed by atoms with Crippen LogP contribution >= 0.6 is 0 Å². The molecule has 0 bridgehead atoms. The predicted octanol–water partition coefficient (Wildman–Crippen LogP) is 1.43. The van der Waals surface area contributed by atoms with E-state index in [4.69, 9.17) is 0 Å². The quantitative estimate of drug-likeness (QED) is 0.842. The Bertz CT molecular complexity index is 716. The molecule has 0 aliphatic rings. The van der Waals surface area contributed by atoms with Crippen LogP contribution in [0.3, 0.4) is 0 Å². The zero-order valence-electron chi connectivity index (χ0n) is 13.9. The van der Waals surface area contributed by atoms with Crippen LogP contribution in [0.25, 0.3) is 0 Å². The predicted molar refractivity (Wildman–Crippen MR) is 86.5 cm³/mol. The molecular formula is C15H22N6O2. The SMILES string of the molecule is CCCn1ncc(C(=O)Nc2c(C(=O)NC)cnn2CC)c1C. The minimum atomic E-state index is -0.301. The van der Waals surface area contributed by atoms with Crippen LogP contribution in [0.5, 0.6) is 0 Å². The first-order valence-electron chi connectivity index (χ1n) is 7.65. The van der Waals surface area contributed by atoms with Crippen molar-refractivity contribution >= 4 is 17.6 Å². The Morgan fingerprint density at radius 1 is 1.09 bits per heavy atom. The van der Waals surface area contributed by atoms with Crippen LogP contribution in [-0.2, 0) is 13.1 Å². The highest BCUT2D eigenvalue weighted by Crippen LogP contribution is 2.18. The molecule has 0 spiro atoms. The summed E-state index contributed by atoms with van der Waals surface area (Å²) < 4.78 is 3.37. The first kappa shape index (κ1) is 16.7. The molecule has 0 saturated carbocycles. The summed E-state index contributed by atoms with van der Waals surface area (Å²) in [4.78, 5) is 24.5. The van der Waals surface area contributed by atoms with Gasteiger partial charge >= 0.3 is 0 Å². The molecule has 0 unspecified atom stereocenters. The number of aromatic nitrogens is 4. The van der Waals surface area contributed by atoms with E-state index >= 15 is 0 Å². The maximum absolute atomic E-state index is 12.5. The van der Waals surface area contributed by atoms with Gasteiger partial charge in [-0.2, -0.15) is 10.2 Å². The molecule has 2 rings (SSSR count). The molecule has 23 heavy (non-hydrogen) atoms. The number of carbonyl (C=O) groups is 2. The van der Waals surface area contributed by atoms with Crippen molar-refractivity contribution in [3.05, 3.63) is 29.2 Å². The van der Waals surface area contributed by atoms with Crippen molar-refractivity contribution in [2.75, 3.05) is 12.4 Å². The molecule has 0 fully saturated rings. The van der Waals surface area contributed by atoms with Crippen LogP contribution in [0.4, 0.5) is 5.82 Å². The van der Waals surface area contributed by atoms with Crippen molar-refractivity contribution in [1.29, 1.82) is 0 Å². The molecule has 0 radical (unpaired) electrons. The second-order valence-corrected chi connectivity index (χ2v) is 5.12. The zero-order valence-corrected chi connectivity index (χ0v) is 13.9. The topological polar surface area (TPSA) is 93.8 Å². The average molecular weight is 318 g/mol. The largest absolute Gasteiger partial charge is 0.355 e. The number of aryl methyl sites for hydroxylation is 2. The van der Waals surface area contributed by atoms with E-state index in [1.165, 1.54) is 13.2 Å². The molecule has 2 aromatic rings. The standard InChI is InChI=1S/C15H22N6O2/c1-5-7-21-10(3)11(8-18-21)15(23)19-13-12(14(22)16-4)9-17-20(13)6-2/h8-9H,5-7H2,1-4H3,(H,16,22)(H,19,23). The number of carbonyl (C=O) groups excluding carboxylic acids is 2. The molecule has 8 heteroatoms. The molecule has 0 aromatic carbocycles. The molecule has 2 aromatic heterocycles. The lowest BCUT2D eigenvalue weighted by Crippen LogP contribution is -2.22. The maximum Gasteiger partial charge on any atom is 0.260 e. The second-order valence-electron chi connectivity index (χ2n) is 5.12. The Hall–Kier alpha value is -2.64. The number of anilines is 1. The Morgan fingerprint density at radius 3 is 2.35 bits per heavy atom. The Morgan fingerprint density at radius 2 is 1.74 bits per heavy atom. The van der Waals surface area contributed by atoms with Crippen LogP contribution in [0, 0.1) is 6.92 Å². The van der Waals surface area contributed by atoms with Crippen LogP contribution in [0.15, 0.2) is 12.4 Å². The van der Waals surface area contributed by atoms with E-state index in [-0.39, 0.29) is 11.8 Å². The van der Waals surface area contributed by atoms with Gasteiger partial charge in [-0.1, -0.05) is 6.92 Å². The highest BCUT2D eigenvalue weighted by atomic mass is 16.2. The van der Waals surface area contributed by atoms with Gasteiger partial charge in [0.25, 0.3) is 11.8 Å². The molecule has 0 aliphatic heterocycles. The Balaban J connectivity index is 2.30. The molecule has 0 atom stereocenters. The highest BCUT2D eigenvalue weighted by molar-refractivity contribution is 6.08. The molecule has 2 heterocycles. The number of nitrogens with zero attached hydrogens (tertiary/aromatic N) is 4. The monoisotopic (exact) mass is 318 g/mol. The minimum absolute atomic E-state index is 0.293. The van der Waals surface area contributed by atoms with Gasteiger partial charge in [0, 0.05) is 25.8 Å². The fourth-order valence-corrected chi connectivity index (χ4v) is 2.34. The smallest absolute Gasteiger partial charge is 0.260 e.